The Kier molecular flexibility index (Phi) is 5.65. The van der Waals surface area contributed by atoms with Crippen molar-refractivity contribution in [2.75, 3.05) is 11.5 Å². The number of hydrogen-bond acceptors (Lipinski definition) is 4. The van der Waals surface area contributed by atoms with E-state index in [4.69, 9.17) is 9.15 Å². The molecule has 29 heavy (non-hydrogen) atoms. The van der Waals surface area contributed by atoms with Crippen LogP contribution in [0.2, 0.25) is 0 Å². The van der Waals surface area contributed by atoms with E-state index in [-0.39, 0.29) is 24.3 Å². The molecule has 0 bridgehead atoms. The third kappa shape index (κ3) is 4.04. The van der Waals surface area contributed by atoms with Crippen LogP contribution in [0.25, 0.3) is 11.0 Å². The van der Waals surface area contributed by atoms with E-state index in [0.29, 0.717) is 5.58 Å². The first kappa shape index (κ1) is 19.2. The Hall–Kier alpha value is -3.08. The third-order valence-corrected chi connectivity index (χ3v) is 5.60. The Bertz CT molecular complexity index is 1000. The van der Waals surface area contributed by atoms with Crippen LogP contribution in [0.3, 0.4) is 0 Å². The summed E-state index contributed by atoms with van der Waals surface area (Å²) in [7, 11) is 0. The number of carbonyl (C=O) groups is 2. The number of benzene rings is 2. The van der Waals surface area contributed by atoms with E-state index in [1.54, 1.807) is 4.90 Å². The summed E-state index contributed by atoms with van der Waals surface area (Å²) < 4.78 is 11.0. The molecule has 1 aromatic heterocycles. The number of aryl methyl sites for hydroxylation is 1. The second-order valence-corrected chi connectivity index (χ2v) is 7.52. The Morgan fingerprint density at radius 3 is 2.41 bits per heavy atom. The molecule has 5 heteroatoms. The lowest BCUT2D eigenvalue weighted by Gasteiger charge is -2.34. The van der Waals surface area contributed by atoms with E-state index in [9.17, 15) is 9.59 Å². The molecule has 0 atom stereocenters. The Labute approximate surface area is 170 Å². The molecule has 1 amide bonds. The van der Waals surface area contributed by atoms with Gasteiger partial charge in [0.15, 0.2) is 6.61 Å². The third-order valence-electron chi connectivity index (χ3n) is 5.60. The molecule has 1 saturated carbocycles. The molecule has 0 aliphatic heterocycles. The summed E-state index contributed by atoms with van der Waals surface area (Å²) in [4.78, 5) is 27.4. The lowest BCUT2D eigenvalue weighted by atomic mass is 9.93. The highest BCUT2D eigenvalue weighted by molar-refractivity contribution is 5.99. The van der Waals surface area contributed by atoms with Crippen molar-refractivity contribution >= 4 is 28.5 Å². The fraction of sp³-hybridized carbons (Fsp3) is 0.333. The van der Waals surface area contributed by atoms with Gasteiger partial charge in [-0.1, -0.05) is 55.7 Å². The van der Waals surface area contributed by atoms with Crippen LogP contribution < -0.4 is 4.90 Å². The number of fused-ring (bicyclic) bond motifs is 1. The zero-order valence-electron chi connectivity index (χ0n) is 16.6. The Balaban J connectivity index is 1.50. The van der Waals surface area contributed by atoms with Crippen molar-refractivity contribution in [2.24, 2.45) is 0 Å². The molecular weight excluding hydrogens is 366 g/mol. The molecule has 3 aromatic rings. The first-order valence-electron chi connectivity index (χ1n) is 10.2. The standard InChI is InChI=1S/C24H25NO4/c1-17-20-14-8-9-15-21(20)29-23(17)24(27)28-16-22(26)25(18-10-4-2-5-11-18)19-12-6-3-7-13-19/h2,4-5,8-11,14-15,19H,3,6-7,12-13,16H2,1H3. The number of nitrogens with zero attached hydrogens (tertiary/aromatic N) is 1. The molecule has 150 valence electrons. The van der Waals surface area contributed by atoms with Crippen LogP contribution in [0.4, 0.5) is 5.69 Å². The monoisotopic (exact) mass is 391 g/mol. The molecule has 1 aliphatic carbocycles. The SMILES string of the molecule is Cc1c(C(=O)OCC(=O)N(c2ccccc2)C2CCCCC2)oc2ccccc12. The maximum absolute atomic E-state index is 13.1. The minimum atomic E-state index is -0.608. The summed E-state index contributed by atoms with van der Waals surface area (Å²) >= 11 is 0. The van der Waals surface area contributed by atoms with Crippen molar-refractivity contribution in [3.05, 3.63) is 65.9 Å². The second kappa shape index (κ2) is 8.52. The number of ether oxygens (including phenoxy) is 1. The first-order valence-corrected chi connectivity index (χ1v) is 10.2. The molecule has 0 radical (unpaired) electrons. The summed E-state index contributed by atoms with van der Waals surface area (Å²) in [6.45, 7) is 1.52. The molecule has 0 saturated heterocycles. The topological polar surface area (TPSA) is 59.8 Å². The van der Waals surface area contributed by atoms with Crippen molar-refractivity contribution in [1.29, 1.82) is 0 Å². The summed E-state index contributed by atoms with van der Waals surface area (Å²) in [5.41, 5.74) is 2.21. The van der Waals surface area contributed by atoms with Gasteiger partial charge in [-0.15, -0.1) is 0 Å². The number of carbonyl (C=O) groups excluding carboxylic acids is 2. The number of amides is 1. The molecule has 0 unspecified atom stereocenters. The minimum Gasteiger partial charge on any atom is -0.450 e. The lowest BCUT2D eigenvalue weighted by molar-refractivity contribution is -0.122. The van der Waals surface area contributed by atoms with Crippen molar-refractivity contribution < 1.29 is 18.7 Å². The van der Waals surface area contributed by atoms with Crippen LogP contribution >= 0.6 is 0 Å². The highest BCUT2D eigenvalue weighted by atomic mass is 16.5. The molecule has 5 nitrogen and oxygen atoms in total. The van der Waals surface area contributed by atoms with E-state index in [2.05, 4.69) is 0 Å². The summed E-state index contributed by atoms with van der Waals surface area (Å²) in [5.74, 6) is -0.656. The number of anilines is 1. The predicted molar refractivity (Wildman–Crippen MR) is 112 cm³/mol. The van der Waals surface area contributed by atoms with Crippen molar-refractivity contribution in [2.45, 2.75) is 45.1 Å². The van der Waals surface area contributed by atoms with E-state index >= 15 is 0 Å². The Morgan fingerprint density at radius 1 is 1.00 bits per heavy atom. The smallest absolute Gasteiger partial charge is 0.375 e. The van der Waals surface area contributed by atoms with E-state index in [0.717, 1.165) is 42.3 Å². The van der Waals surface area contributed by atoms with Crippen LogP contribution in [-0.2, 0) is 9.53 Å². The largest absolute Gasteiger partial charge is 0.450 e. The van der Waals surface area contributed by atoms with Gasteiger partial charge in [-0.05, 0) is 38.0 Å². The van der Waals surface area contributed by atoms with Gasteiger partial charge < -0.3 is 14.1 Å². The number of rotatable bonds is 5. The Morgan fingerprint density at radius 2 is 1.69 bits per heavy atom. The molecule has 1 aliphatic rings. The van der Waals surface area contributed by atoms with E-state index < -0.39 is 5.97 Å². The quantitative estimate of drug-likeness (QED) is 0.556. The van der Waals surface area contributed by atoms with Gasteiger partial charge in [-0.2, -0.15) is 0 Å². The van der Waals surface area contributed by atoms with Crippen molar-refractivity contribution in [1.82, 2.24) is 0 Å². The highest BCUT2D eigenvalue weighted by Gasteiger charge is 2.28. The highest BCUT2D eigenvalue weighted by Crippen LogP contribution is 2.28. The van der Waals surface area contributed by atoms with Gasteiger partial charge in [0.25, 0.3) is 5.91 Å². The molecule has 4 rings (SSSR count). The van der Waals surface area contributed by atoms with Gasteiger partial charge in [-0.3, -0.25) is 4.79 Å². The lowest BCUT2D eigenvalue weighted by Crippen LogP contribution is -2.43. The number of furan rings is 1. The van der Waals surface area contributed by atoms with Crippen LogP contribution in [0, 0.1) is 6.92 Å². The van der Waals surface area contributed by atoms with Crippen LogP contribution in [0.5, 0.6) is 0 Å². The summed E-state index contributed by atoms with van der Waals surface area (Å²) in [6.07, 6.45) is 5.36. The average molecular weight is 391 g/mol. The fourth-order valence-corrected chi connectivity index (χ4v) is 4.12. The normalized spacial score (nSPS) is 14.7. The van der Waals surface area contributed by atoms with Gasteiger partial charge in [0, 0.05) is 22.7 Å². The van der Waals surface area contributed by atoms with E-state index in [1.165, 1.54) is 6.42 Å². The molecule has 1 fully saturated rings. The fourth-order valence-electron chi connectivity index (χ4n) is 4.12. The number of esters is 1. The van der Waals surface area contributed by atoms with E-state index in [1.807, 2.05) is 61.5 Å². The van der Waals surface area contributed by atoms with Gasteiger partial charge >= 0.3 is 5.97 Å². The molecular formula is C24H25NO4. The summed E-state index contributed by atoms with van der Waals surface area (Å²) in [6, 6.07) is 17.2. The predicted octanol–water partition coefficient (Wildman–Crippen LogP) is 5.26. The molecule has 1 heterocycles. The zero-order chi connectivity index (χ0) is 20.2. The van der Waals surface area contributed by atoms with Crippen LogP contribution in [0.1, 0.15) is 48.2 Å². The maximum atomic E-state index is 13.1. The molecule has 0 N–H and O–H groups in total. The van der Waals surface area contributed by atoms with Crippen LogP contribution in [0.15, 0.2) is 59.0 Å². The van der Waals surface area contributed by atoms with Gasteiger partial charge in [0.2, 0.25) is 5.76 Å². The average Bonchev–Trinajstić information content (AvgIpc) is 3.11. The van der Waals surface area contributed by atoms with Gasteiger partial charge in [0.1, 0.15) is 5.58 Å². The number of hydrogen-bond donors (Lipinski definition) is 0. The zero-order valence-corrected chi connectivity index (χ0v) is 16.6. The number of para-hydroxylation sites is 2. The van der Waals surface area contributed by atoms with Gasteiger partial charge in [-0.25, -0.2) is 4.79 Å². The molecule has 0 spiro atoms. The first-order chi connectivity index (χ1) is 14.1. The van der Waals surface area contributed by atoms with Crippen LogP contribution in [-0.4, -0.2) is 24.5 Å². The molecule has 2 aromatic carbocycles. The second-order valence-electron chi connectivity index (χ2n) is 7.52. The summed E-state index contributed by atoms with van der Waals surface area (Å²) in [5, 5.41) is 0.874. The van der Waals surface area contributed by atoms with Gasteiger partial charge in [0.05, 0.1) is 0 Å². The van der Waals surface area contributed by atoms with Crippen molar-refractivity contribution in [3.63, 3.8) is 0 Å². The minimum absolute atomic E-state index is 0.144. The van der Waals surface area contributed by atoms with Crippen molar-refractivity contribution in [3.8, 4) is 0 Å². The maximum Gasteiger partial charge on any atom is 0.375 e.